The van der Waals surface area contributed by atoms with Gasteiger partial charge in [-0.05, 0) is 31.2 Å². The maximum Gasteiger partial charge on any atom is 0.331 e. The van der Waals surface area contributed by atoms with Crippen LogP contribution in [0, 0.1) is 0 Å². The first-order valence-electron chi connectivity index (χ1n) is 8.00. The highest BCUT2D eigenvalue weighted by Gasteiger charge is 2.16. The zero-order valence-electron chi connectivity index (χ0n) is 14.9. The molecule has 0 unspecified atom stereocenters. The van der Waals surface area contributed by atoms with Crippen LogP contribution in [-0.2, 0) is 14.3 Å². The van der Waals surface area contributed by atoms with Gasteiger partial charge in [0.05, 0.1) is 14.2 Å². The van der Waals surface area contributed by atoms with E-state index in [4.69, 9.17) is 14.2 Å². The molecule has 0 fully saturated rings. The van der Waals surface area contributed by atoms with Crippen LogP contribution in [-0.4, -0.2) is 32.2 Å². The number of ether oxygens (including phenoxy) is 3. The third-order valence-corrected chi connectivity index (χ3v) is 3.54. The van der Waals surface area contributed by atoms with Crippen LogP contribution in [0.3, 0.4) is 0 Å². The van der Waals surface area contributed by atoms with E-state index >= 15 is 0 Å². The summed E-state index contributed by atoms with van der Waals surface area (Å²) < 4.78 is 15.6. The molecule has 0 saturated carbocycles. The molecule has 1 N–H and O–H groups in total. The molecule has 1 amide bonds. The van der Waals surface area contributed by atoms with Gasteiger partial charge in [-0.2, -0.15) is 0 Å². The number of rotatable bonds is 7. The molecule has 0 heterocycles. The van der Waals surface area contributed by atoms with E-state index in [1.165, 1.54) is 27.2 Å². The van der Waals surface area contributed by atoms with E-state index in [-0.39, 0.29) is 0 Å². The molecule has 136 valence electrons. The molecule has 6 nitrogen and oxygen atoms in total. The van der Waals surface area contributed by atoms with E-state index < -0.39 is 18.0 Å². The maximum absolute atomic E-state index is 12.1. The van der Waals surface area contributed by atoms with E-state index in [2.05, 4.69) is 5.32 Å². The number of esters is 1. The molecule has 0 spiro atoms. The van der Waals surface area contributed by atoms with Crippen LogP contribution in [0.2, 0.25) is 0 Å². The van der Waals surface area contributed by atoms with Gasteiger partial charge in [-0.3, -0.25) is 4.79 Å². The number of anilines is 1. The van der Waals surface area contributed by atoms with E-state index in [0.29, 0.717) is 22.7 Å². The van der Waals surface area contributed by atoms with Crippen LogP contribution in [0.1, 0.15) is 12.5 Å². The van der Waals surface area contributed by atoms with Gasteiger partial charge < -0.3 is 19.5 Å². The number of amides is 1. The van der Waals surface area contributed by atoms with E-state index in [9.17, 15) is 9.59 Å². The van der Waals surface area contributed by atoms with Crippen molar-refractivity contribution in [3.05, 3.63) is 60.2 Å². The SMILES string of the molecule is COc1cccc(/C=C/C(=O)O[C@@H](C)C(=O)Nc2ccccc2)c1OC. The predicted octanol–water partition coefficient (Wildman–Crippen LogP) is 3.29. The molecule has 26 heavy (non-hydrogen) atoms. The molecular weight excluding hydrogens is 334 g/mol. The second-order valence-corrected chi connectivity index (χ2v) is 5.35. The van der Waals surface area contributed by atoms with Crippen molar-refractivity contribution in [1.29, 1.82) is 0 Å². The Morgan fingerprint density at radius 2 is 1.73 bits per heavy atom. The summed E-state index contributed by atoms with van der Waals surface area (Å²) in [5.41, 5.74) is 1.29. The van der Waals surface area contributed by atoms with Crippen molar-refractivity contribution in [1.82, 2.24) is 0 Å². The number of hydrogen-bond donors (Lipinski definition) is 1. The number of para-hydroxylation sites is 2. The molecule has 0 saturated heterocycles. The zero-order valence-corrected chi connectivity index (χ0v) is 14.9. The van der Waals surface area contributed by atoms with Crippen molar-refractivity contribution >= 4 is 23.6 Å². The Balaban J connectivity index is 1.97. The summed E-state index contributed by atoms with van der Waals surface area (Å²) in [5, 5.41) is 2.68. The average Bonchev–Trinajstić information content (AvgIpc) is 2.66. The summed E-state index contributed by atoms with van der Waals surface area (Å²) in [6.07, 6.45) is 1.86. The maximum atomic E-state index is 12.1. The van der Waals surface area contributed by atoms with Crippen LogP contribution < -0.4 is 14.8 Å². The molecule has 2 aromatic carbocycles. The third kappa shape index (κ3) is 5.11. The van der Waals surface area contributed by atoms with Crippen molar-refractivity contribution in [2.24, 2.45) is 0 Å². The summed E-state index contributed by atoms with van der Waals surface area (Å²) >= 11 is 0. The number of carbonyl (C=O) groups excluding carboxylic acids is 2. The van der Waals surface area contributed by atoms with Gasteiger partial charge in [-0.1, -0.05) is 30.3 Å². The Morgan fingerprint density at radius 3 is 2.38 bits per heavy atom. The van der Waals surface area contributed by atoms with E-state index in [0.717, 1.165) is 0 Å². The first-order valence-corrected chi connectivity index (χ1v) is 8.00. The van der Waals surface area contributed by atoms with Gasteiger partial charge in [0.25, 0.3) is 5.91 Å². The van der Waals surface area contributed by atoms with Crippen molar-refractivity contribution < 1.29 is 23.8 Å². The highest BCUT2D eigenvalue weighted by Crippen LogP contribution is 2.31. The van der Waals surface area contributed by atoms with E-state index in [1.54, 1.807) is 48.5 Å². The summed E-state index contributed by atoms with van der Waals surface area (Å²) in [6, 6.07) is 14.3. The van der Waals surface area contributed by atoms with Gasteiger partial charge in [0, 0.05) is 17.3 Å². The second kappa shape index (κ2) is 9.27. The summed E-state index contributed by atoms with van der Waals surface area (Å²) in [6.45, 7) is 1.51. The molecule has 0 aliphatic carbocycles. The molecule has 2 rings (SSSR count). The Bertz CT molecular complexity index is 786. The third-order valence-electron chi connectivity index (χ3n) is 3.54. The lowest BCUT2D eigenvalue weighted by Crippen LogP contribution is -2.29. The molecule has 1 atom stereocenters. The lowest BCUT2D eigenvalue weighted by atomic mass is 10.1. The highest BCUT2D eigenvalue weighted by atomic mass is 16.5. The van der Waals surface area contributed by atoms with Crippen molar-refractivity contribution in [2.45, 2.75) is 13.0 Å². The van der Waals surface area contributed by atoms with Gasteiger partial charge >= 0.3 is 5.97 Å². The first kappa shape index (κ1) is 19.1. The fourth-order valence-corrected chi connectivity index (χ4v) is 2.23. The Hall–Kier alpha value is -3.28. The lowest BCUT2D eigenvalue weighted by Gasteiger charge is -2.12. The summed E-state index contributed by atoms with van der Waals surface area (Å²) in [5.74, 6) is 0.0232. The van der Waals surface area contributed by atoms with Crippen LogP contribution in [0.15, 0.2) is 54.6 Å². The zero-order chi connectivity index (χ0) is 18.9. The molecule has 0 radical (unpaired) electrons. The smallest absolute Gasteiger partial charge is 0.331 e. The summed E-state index contributed by atoms with van der Waals surface area (Å²) in [7, 11) is 3.05. The van der Waals surface area contributed by atoms with Crippen LogP contribution >= 0.6 is 0 Å². The van der Waals surface area contributed by atoms with Crippen LogP contribution in [0.4, 0.5) is 5.69 Å². The van der Waals surface area contributed by atoms with Gasteiger partial charge in [0.1, 0.15) is 0 Å². The first-order chi connectivity index (χ1) is 12.5. The number of hydrogen-bond acceptors (Lipinski definition) is 5. The van der Waals surface area contributed by atoms with Gasteiger partial charge in [-0.15, -0.1) is 0 Å². The minimum absolute atomic E-state index is 0.406. The van der Waals surface area contributed by atoms with Crippen molar-refractivity contribution in [2.75, 3.05) is 19.5 Å². The number of methoxy groups -OCH3 is 2. The number of nitrogens with one attached hydrogen (secondary N) is 1. The van der Waals surface area contributed by atoms with Gasteiger partial charge in [-0.25, -0.2) is 4.79 Å². The number of carbonyl (C=O) groups is 2. The fourth-order valence-electron chi connectivity index (χ4n) is 2.23. The fraction of sp³-hybridized carbons (Fsp3) is 0.200. The minimum Gasteiger partial charge on any atom is -0.493 e. The van der Waals surface area contributed by atoms with Gasteiger partial charge in [0.15, 0.2) is 17.6 Å². The standard InChI is InChI=1S/C20H21NO5/c1-14(20(23)21-16-9-5-4-6-10-16)26-18(22)13-12-15-8-7-11-17(24-2)19(15)25-3/h4-14H,1-3H3,(H,21,23)/b13-12+/t14-/m0/s1. The molecule has 2 aromatic rings. The largest absolute Gasteiger partial charge is 0.493 e. The Labute approximate surface area is 152 Å². The topological polar surface area (TPSA) is 73.9 Å². The Morgan fingerprint density at radius 1 is 1.00 bits per heavy atom. The quantitative estimate of drug-likeness (QED) is 0.609. The average molecular weight is 355 g/mol. The lowest BCUT2D eigenvalue weighted by molar-refractivity contribution is -0.148. The summed E-state index contributed by atoms with van der Waals surface area (Å²) in [4.78, 5) is 24.0. The monoisotopic (exact) mass is 355 g/mol. The second-order valence-electron chi connectivity index (χ2n) is 5.35. The molecule has 0 aliphatic rings. The molecule has 6 heteroatoms. The van der Waals surface area contributed by atoms with Gasteiger partial charge in [0.2, 0.25) is 0 Å². The van der Waals surface area contributed by atoms with Crippen LogP contribution in [0.5, 0.6) is 11.5 Å². The van der Waals surface area contributed by atoms with Crippen molar-refractivity contribution in [3.63, 3.8) is 0 Å². The van der Waals surface area contributed by atoms with Crippen LogP contribution in [0.25, 0.3) is 6.08 Å². The molecular formula is C20H21NO5. The number of benzene rings is 2. The highest BCUT2D eigenvalue weighted by molar-refractivity contribution is 5.96. The Kier molecular flexibility index (Phi) is 6.79. The predicted molar refractivity (Wildman–Crippen MR) is 99.2 cm³/mol. The van der Waals surface area contributed by atoms with Crippen molar-refractivity contribution in [3.8, 4) is 11.5 Å². The van der Waals surface area contributed by atoms with E-state index in [1.807, 2.05) is 6.07 Å². The minimum atomic E-state index is -0.931. The molecule has 0 aliphatic heterocycles. The normalized spacial score (nSPS) is 11.7. The molecule has 0 bridgehead atoms. The molecule has 0 aromatic heterocycles.